The van der Waals surface area contributed by atoms with E-state index in [1.54, 1.807) is 0 Å². The van der Waals surface area contributed by atoms with Crippen LogP contribution in [0, 0.1) is 0 Å². The molecule has 0 heterocycles. The zero-order chi connectivity index (χ0) is 7.33. The minimum atomic E-state index is -3.70. The van der Waals surface area contributed by atoms with Crippen molar-refractivity contribution < 1.29 is 13.0 Å². The summed E-state index contributed by atoms with van der Waals surface area (Å²) in [6, 6.07) is 0. The Morgan fingerprint density at radius 3 is 2.10 bits per heavy atom. The van der Waals surface area contributed by atoms with Gasteiger partial charge in [0.2, 0.25) is 0 Å². The van der Waals surface area contributed by atoms with Gasteiger partial charge in [0.15, 0.2) is 0 Å². The molecule has 1 N–H and O–H groups in total. The van der Waals surface area contributed by atoms with Gasteiger partial charge in [0.25, 0.3) is 10.1 Å². The Morgan fingerprint density at radius 1 is 1.30 bits per heavy atom. The first-order valence-corrected chi connectivity index (χ1v) is 4.62. The van der Waals surface area contributed by atoms with Crippen molar-refractivity contribution in [3.8, 4) is 0 Å². The Morgan fingerprint density at radius 2 is 1.80 bits per heavy atom. The van der Waals surface area contributed by atoms with Crippen LogP contribution in [0.5, 0.6) is 0 Å². The molecule has 0 amide bonds. The molecule has 0 aliphatic rings. The van der Waals surface area contributed by atoms with Crippen LogP contribution in [0.3, 0.4) is 0 Å². The third-order valence-corrected chi connectivity index (χ3v) is 1.81. The second-order valence-electron chi connectivity index (χ2n) is 1.99. The molecule has 0 saturated heterocycles. The van der Waals surface area contributed by atoms with Crippen molar-refractivity contribution in [2.45, 2.75) is 26.2 Å². The number of hydrogen-bond acceptors (Lipinski definition) is 2. The summed E-state index contributed by atoms with van der Waals surface area (Å²) in [7, 11) is -3.70. The molecule has 0 saturated carbocycles. The average Bonchev–Trinajstić information content (AvgIpc) is 1.63. The summed E-state index contributed by atoms with van der Waals surface area (Å²) in [5.74, 6) is -0.0964. The Labute approximate surface area is 121 Å². The molecule has 0 unspecified atom stereocenters. The van der Waals surface area contributed by atoms with E-state index in [2.05, 4.69) is 0 Å². The van der Waals surface area contributed by atoms with Gasteiger partial charge in [0.1, 0.15) is 0 Å². The van der Waals surface area contributed by atoms with Crippen LogP contribution in [0.2, 0.25) is 0 Å². The molecule has 0 aliphatic heterocycles. The molecule has 0 bridgehead atoms. The van der Waals surface area contributed by atoms with E-state index < -0.39 is 10.1 Å². The predicted molar refractivity (Wildman–Crippen MR) is 43.1 cm³/mol. The van der Waals surface area contributed by atoms with Gasteiger partial charge in [-0.3, -0.25) is 4.55 Å². The van der Waals surface area contributed by atoms with Crippen LogP contribution < -0.4 is 0 Å². The molecular weight excluding hydrogens is 273 g/mol. The monoisotopic (exact) mass is 286 g/mol. The van der Waals surface area contributed by atoms with E-state index in [0.717, 1.165) is 12.8 Å². The summed E-state index contributed by atoms with van der Waals surface area (Å²) in [6.45, 7) is 1.98. The average molecular weight is 286 g/mol. The third-order valence-electron chi connectivity index (χ3n) is 1.01. The topological polar surface area (TPSA) is 54.4 Å². The fourth-order valence-electron chi connectivity index (χ4n) is 0.534. The molecule has 0 spiro atoms. The first kappa shape index (κ1) is 14.5. The van der Waals surface area contributed by atoms with E-state index in [1.807, 2.05) is 6.92 Å². The van der Waals surface area contributed by atoms with Gasteiger partial charge in [-0.1, -0.05) is 19.8 Å². The Bertz CT molecular complexity index is 152. The third kappa shape index (κ3) is 12.6. The van der Waals surface area contributed by atoms with Crippen molar-refractivity contribution in [1.82, 2.24) is 0 Å². The second-order valence-corrected chi connectivity index (χ2v) is 3.57. The minimum absolute atomic E-state index is 0. The molecule has 58 valence electrons. The van der Waals surface area contributed by atoms with Crippen LogP contribution >= 0.6 is 0 Å². The van der Waals surface area contributed by atoms with Crippen LogP contribution in [0.1, 0.15) is 26.2 Å². The predicted octanol–water partition coefficient (Wildman–Crippen LogP) is 0.416. The summed E-state index contributed by atoms with van der Waals surface area (Å²) in [6.07, 6.45) is 2.39. The molecule has 10 heavy (non-hydrogen) atoms. The summed E-state index contributed by atoms with van der Waals surface area (Å²) < 4.78 is 28.3. The van der Waals surface area contributed by atoms with Gasteiger partial charge in [0.05, 0.1) is 5.75 Å². The molecule has 5 heteroatoms. The zero-order valence-corrected chi connectivity index (χ0v) is 6.32. The van der Waals surface area contributed by atoms with Crippen LogP contribution in [0.15, 0.2) is 0 Å². The molecule has 0 aromatic carbocycles. The van der Waals surface area contributed by atoms with Gasteiger partial charge in [-0.2, -0.15) is 8.42 Å². The second kappa shape index (κ2) is 7.60. The molecule has 0 radical (unpaired) electrons. The van der Waals surface area contributed by atoms with Crippen LogP contribution in [-0.4, -0.2) is 87.6 Å². The van der Waals surface area contributed by atoms with Crippen LogP contribution in [0.25, 0.3) is 0 Å². The number of rotatable bonds is 4. The zero-order valence-electron chi connectivity index (χ0n) is 5.50. The van der Waals surface area contributed by atoms with E-state index >= 15 is 0 Å². The Balaban J connectivity index is 0. The van der Waals surface area contributed by atoms with Crippen molar-refractivity contribution in [1.29, 1.82) is 0 Å². The molecule has 0 rings (SSSR count). The molecule has 0 aromatic heterocycles. The fourth-order valence-corrected chi connectivity index (χ4v) is 1.10. The van der Waals surface area contributed by atoms with Gasteiger partial charge >= 0.3 is 68.9 Å². The molecule has 0 aliphatic carbocycles. The van der Waals surface area contributed by atoms with E-state index in [4.69, 9.17) is 4.55 Å². The number of unbranched alkanes of at least 4 members (excludes halogenated alkanes) is 2. The molecular formula is C5H13CsO3S. The maximum absolute atomic E-state index is 10.1. The molecule has 0 atom stereocenters. The van der Waals surface area contributed by atoms with Gasteiger partial charge in [-0.25, -0.2) is 0 Å². The first-order valence-electron chi connectivity index (χ1n) is 3.01. The van der Waals surface area contributed by atoms with E-state index in [-0.39, 0.29) is 74.6 Å². The van der Waals surface area contributed by atoms with Crippen molar-refractivity contribution >= 4 is 79.0 Å². The van der Waals surface area contributed by atoms with Crippen molar-refractivity contribution in [3.05, 3.63) is 0 Å². The first-order chi connectivity index (χ1) is 4.06. The van der Waals surface area contributed by atoms with Gasteiger partial charge < -0.3 is 0 Å². The summed E-state index contributed by atoms with van der Waals surface area (Å²) in [4.78, 5) is 0. The van der Waals surface area contributed by atoms with Crippen molar-refractivity contribution in [2.24, 2.45) is 0 Å². The van der Waals surface area contributed by atoms with Crippen LogP contribution in [-0.2, 0) is 10.1 Å². The van der Waals surface area contributed by atoms with Gasteiger partial charge in [0, 0.05) is 0 Å². The number of hydrogen-bond donors (Lipinski definition) is 1. The fraction of sp³-hybridized carbons (Fsp3) is 1.00. The normalized spacial score (nSPS) is 10.6. The van der Waals surface area contributed by atoms with Gasteiger partial charge in [-0.05, 0) is 6.42 Å². The molecule has 0 aromatic rings. The SMILES string of the molecule is CCCCCS(=O)(=O)O.[CsH]. The van der Waals surface area contributed by atoms with Crippen molar-refractivity contribution in [3.63, 3.8) is 0 Å². The summed E-state index contributed by atoms with van der Waals surface area (Å²) >= 11 is 0. The molecule has 3 nitrogen and oxygen atoms in total. The van der Waals surface area contributed by atoms with E-state index in [0.29, 0.717) is 6.42 Å². The molecule has 0 fully saturated rings. The summed E-state index contributed by atoms with van der Waals surface area (Å²) in [5.41, 5.74) is 0. The quantitative estimate of drug-likeness (QED) is 0.602. The standard InChI is InChI=1S/C5H12O3S.Cs.H/c1-2-3-4-5-9(6,7)8;;/h2-5H2,1H3,(H,6,7,8);;. The van der Waals surface area contributed by atoms with Crippen molar-refractivity contribution in [2.75, 3.05) is 5.75 Å². The Hall–Kier alpha value is 1.96. The van der Waals surface area contributed by atoms with Crippen LogP contribution in [0.4, 0.5) is 0 Å². The van der Waals surface area contributed by atoms with Gasteiger partial charge in [-0.15, -0.1) is 0 Å². The maximum atomic E-state index is 10.1. The Kier molecular flexibility index (Phi) is 11.0. The van der Waals surface area contributed by atoms with E-state index in [1.165, 1.54) is 0 Å². The summed E-state index contributed by atoms with van der Waals surface area (Å²) in [5, 5.41) is 0. The van der Waals surface area contributed by atoms with E-state index in [9.17, 15) is 8.42 Å².